The van der Waals surface area contributed by atoms with E-state index in [1.807, 2.05) is 5.32 Å². The second kappa shape index (κ2) is 10.8. The Hall–Kier alpha value is -3.67. The number of rotatable bonds is 6. The number of hydrogen-bond donors (Lipinski definition) is 2. The van der Waals surface area contributed by atoms with Crippen LogP contribution in [0, 0.1) is 17.6 Å². The summed E-state index contributed by atoms with van der Waals surface area (Å²) >= 11 is 5.95. The van der Waals surface area contributed by atoms with Gasteiger partial charge < -0.3 is 10.6 Å². The molecule has 196 valence electrons. The fourth-order valence-electron chi connectivity index (χ4n) is 3.25. The molecule has 0 aliphatic heterocycles. The maximum absolute atomic E-state index is 13.8. The summed E-state index contributed by atoms with van der Waals surface area (Å²) in [5.74, 6) is -7.33. The zero-order valence-corrected chi connectivity index (χ0v) is 19.0. The predicted octanol–water partition coefficient (Wildman–Crippen LogP) is 7.25. The highest BCUT2D eigenvalue weighted by atomic mass is 35.5. The summed E-state index contributed by atoms with van der Waals surface area (Å²) in [6.45, 7) is 0. The number of amides is 2. The average Bonchev–Trinajstić information content (AvgIpc) is 2.79. The molecule has 2 amide bonds. The third kappa shape index (κ3) is 7.19. The number of carbonyl (C=O) groups is 2. The van der Waals surface area contributed by atoms with Gasteiger partial charge in [-0.25, -0.2) is 8.78 Å². The van der Waals surface area contributed by atoms with Gasteiger partial charge in [-0.3, -0.25) is 9.59 Å². The molecule has 0 saturated heterocycles. The molecular weight excluding hydrogens is 536 g/mol. The number of carbonyl (C=O) groups excluding carboxylic acids is 2. The highest BCUT2D eigenvalue weighted by Crippen LogP contribution is 2.34. The molecule has 3 aromatic rings. The van der Waals surface area contributed by atoms with E-state index in [0.29, 0.717) is 18.2 Å². The molecule has 0 aromatic heterocycles. The molecule has 0 bridgehead atoms. The van der Waals surface area contributed by atoms with Crippen LogP contribution in [-0.2, 0) is 17.4 Å². The van der Waals surface area contributed by atoms with Crippen LogP contribution in [-0.4, -0.2) is 18.0 Å². The molecule has 13 heteroatoms. The summed E-state index contributed by atoms with van der Waals surface area (Å²) in [6, 6.07) is 8.58. The van der Waals surface area contributed by atoms with E-state index in [0.717, 1.165) is 42.5 Å². The van der Waals surface area contributed by atoms with Crippen molar-refractivity contribution in [2.75, 3.05) is 10.6 Å². The highest BCUT2D eigenvalue weighted by Gasteiger charge is 2.45. The van der Waals surface area contributed by atoms with Crippen molar-refractivity contribution in [1.29, 1.82) is 0 Å². The molecule has 3 rings (SSSR count). The van der Waals surface area contributed by atoms with Crippen LogP contribution in [0.5, 0.6) is 0 Å². The van der Waals surface area contributed by atoms with E-state index < -0.39 is 59.4 Å². The minimum Gasteiger partial charge on any atom is -0.326 e. The van der Waals surface area contributed by atoms with Gasteiger partial charge in [0.2, 0.25) is 5.91 Å². The first-order chi connectivity index (χ1) is 17.1. The zero-order valence-electron chi connectivity index (χ0n) is 18.3. The summed E-state index contributed by atoms with van der Waals surface area (Å²) in [5.41, 5.74) is -2.60. The summed E-state index contributed by atoms with van der Waals surface area (Å²) in [4.78, 5) is 25.0. The van der Waals surface area contributed by atoms with Crippen molar-refractivity contribution in [3.8, 4) is 0 Å². The van der Waals surface area contributed by atoms with Crippen molar-refractivity contribution in [3.63, 3.8) is 0 Å². The van der Waals surface area contributed by atoms with E-state index in [-0.39, 0.29) is 21.8 Å². The lowest BCUT2D eigenvalue weighted by Crippen LogP contribution is -2.36. The normalized spacial score (nSPS) is 12.7. The van der Waals surface area contributed by atoms with Crippen molar-refractivity contribution in [2.24, 2.45) is 5.92 Å². The first kappa shape index (κ1) is 27.9. The second-order valence-electron chi connectivity index (χ2n) is 7.76. The second-order valence-corrected chi connectivity index (χ2v) is 8.17. The van der Waals surface area contributed by atoms with E-state index >= 15 is 0 Å². The Balaban J connectivity index is 1.82. The van der Waals surface area contributed by atoms with Gasteiger partial charge in [0.1, 0.15) is 17.6 Å². The molecule has 0 aliphatic carbocycles. The zero-order chi connectivity index (χ0) is 27.5. The maximum atomic E-state index is 13.8. The fraction of sp³-hybridized carbons (Fsp3) is 0.167. The lowest BCUT2D eigenvalue weighted by Gasteiger charge is -2.20. The molecule has 0 heterocycles. The monoisotopic (exact) mass is 550 g/mol. The molecule has 37 heavy (non-hydrogen) atoms. The first-order valence-corrected chi connectivity index (χ1v) is 10.6. The van der Waals surface area contributed by atoms with E-state index in [9.17, 15) is 44.7 Å². The number of anilines is 2. The molecule has 1 atom stereocenters. The first-order valence-electron chi connectivity index (χ1n) is 10.2. The van der Waals surface area contributed by atoms with Gasteiger partial charge in [-0.2, -0.15) is 26.3 Å². The van der Waals surface area contributed by atoms with Crippen LogP contribution in [0.4, 0.5) is 46.5 Å². The molecule has 0 spiro atoms. The minimum atomic E-state index is -5.12. The van der Waals surface area contributed by atoms with Crippen LogP contribution in [0.3, 0.4) is 0 Å². The number of benzene rings is 3. The molecule has 3 aromatic carbocycles. The third-order valence-corrected chi connectivity index (χ3v) is 5.39. The Morgan fingerprint density at radius 2 is 1.57 bits per heavy atom. The molecule has 0 saturated carbocycles. The van der Waals surface area contributed by atoms with Gasteiger partial charge in [0.25, 0.3) is 5.91 Å². The number of halogens is 9. The molecule has 1 unspecified atom stereocenters. The molecule has 2 N–H and O–H groups in total. The molecule has 4 nitrogen and oxygen atoms in total. The van der Waals surface area contributed by atoms with Crippen molar-refractivity contribution in [2.45, 2.75) is 18.8 Å². The lowest BCUT2D eigenvalue weighted by molar-refractivity contribution is -0.179. The van der Waals surface area contributed by atoms with Crippen molar-refractivity contribution < 1.29 is 44.7 Å². The van der Waals surface area contributed by atoms with E-state index in [1.54, 1.807) is 0 Å². The van der Waals surface area contributed by atoms with Gasteiger partial charge in [0, 0.05) is 11.8 Å². The number of nitrogens with one attached hydrogen (secondary N) is 2. The fourth-order valence-corrected chi connectivity index (χ4v) is 3.46. The van der Waals surface area contributed by atoms with Crippen molar-refractivity contribution >= 4 is 34.8 Å². The predicted molar refractivity (Wildman–Crippen MR) is 119 cm³/mol. The third-order valence-electron chi connectivity index (χ3n) is 5.06. The van der Waals surface area contributed by atoms with E-state index in [2.05, 4.69) is 5.32 Å². The van der Waals surface area contributed by atoms with Crippen LogP contribution in [0.2, 0.25) is 5.02 Å². The van der Waals surface area contributed by atoms with Gasteiger partial charge >= 0.3 is 12.4 Å². The Bertz CT molecular complexity index is 1320. The number of alkyl halides is 6. The highest BCUT2D eigenvalue weighted by molar-refractivity contribution is 6.34. The SMILES string of the molecule is O=C(Nc1ccc(F)cc1F)c1cc(NC(=O)C(Cc2cccc(C(F)(F)F)c2)C(F)(F)F)ccc1Cl. The van der Waals surface area contributed by atoms with Crippen LogP contribution in [0.15, 0.2) is 60.7 Å². The summed E-state index contributed by atoms with van der Waals surface area (Å²) < 4.78 is 107. The van der Waals surface area contributed by atoms with Crippen LogP contribution in [0.25, 0.3) is 0 Å². The average molecular weight is 551 g/mol. The maximum Gasteiger partial charge on any atom is 0.416 e. The smallest absolute Gasteiger partial charge is 0.326 e. The summed E-state index contributed by atoms with van der Waals surface area (Å²) in [6.07, 6.45) is -11.0. The standard InChI is InChI=1S/C24H15ClF8N2O2/c25-18-6-5-15(11-16(18)21(36)35-20-7-4-14(26)10-19(20)27)34-22(37)17(24(31,32)33)9-12-2-1-3-13(8-12)23(28,29)30/h1-8,10-11,17H,9H2,(H,34,37)(H,35,36). The van der Waals surface area contributed by atoms with Gasteiger partial charge in [-0.1, -0.05) is 29.8 Å². The van der Waals surface area contributed by atoms with E-state index in [4.69, 9.17) is 11.6 Å². The van der Waals surface area contributed by atoms with Crippen LogP contribution in [0.1, 0.15) is 21.5 Å². The van der Waals surface area contributed by atoms with Gasteiger partial charge in [-0.05, 0) is 48.4 Å². The lowest BCUT2D eigenvalue weighted by atomic mass is 9.96. The Morgan fingerprint density at radius 3 is 2.19 bits per heavy atom. The largest absolute Gasteiger partial charge is 0.416 e. The Labute approximate surface area is 209 Å². The van der Waals surface area contributed by atoms with Crippen molar-refractivity contribution in [1.82, 2.24) is 0 Å². The molecule has 0 radical (unpaired) electrons. The topological polar surface area (TPSA) is 58.2 Å². The molecule has 0 fully saturated rings. The summed E-state index contributed by atoms with van der Waals surface area (Å²) in [5, 5.41) is 3.90. The van der Waals surface area contributed by atoms with E-state index in [1.165, 1.54) is 0 Å². The Kier molecular flexibility index (Phi) is 8.11. The van der Waals surface area contributed by atoms with Crippen LogP contribution < -0.4 is 10.6 Å². The van der Waals surface area contributed by atoms with Gasteiger partial charge in [0.15, 0.2) is 0 Å². The van der Waals surface area contributed by atoms with Gasteiger partial charge in [-0.15, -0.1) is 0 Å². The molecular formula is C24H15ClF8N2O2. The Morgan fingerprint density at radius 1 is 0.865 bits per heavy atom. The quantitative estimate of drug-likeness (QED) is 0.318. The van der Waals surface area contributed by atoms with Gasteiger partial charge in [0.05, 0.1) is 21.8 Å². The minimum absolute atomic E-state index is 0.200. The summed E-state index contributed by atoms with van der Waals surface area (Å²) in [7, 11) is 0. The molecule has 0 aliphatic rings. The number of hydrogen-bond acceptors (Lipinski definition) is 2. The van der Waals surface area contributed by atoms with Crippen LogP contribution >= 0.6 is 11.6 Å². The van der Waals surface area contributed by atoms with Crippen molar-refractivity contribution in [3.05, 3.63) is 94.0 Å².